The second-order valence-corrected chi connectivity index (χ2v) is 8.39. The lowest BCUT2D eigenvalue weighted by molar-refractivity contribution is 0.000115. The van der Waals surface area contributed by atoms with Gasteiger partial charge in [-0.05, 0) is 37.6 Å². The lowest BCUT2D eigenvalue weighted by Crippen LogP contribution is -2.52. The second kappa shape index (κ2) is 9.06. The number of hydrazine groups is 1. The number of rotatable bonds is 6. The van der Waals surface area contributed by atoms with Crippen LogP contribution in [0, 0.1) is 13.8 Å². The van der Waals surface area contributed by atoms with Gasteiger partial charge in [0.05, 0.1) is 31.1 Å². The van der Waals surface area contributed by atoms with Crippen molar-refractivity contribution in [2.45, 2.75) is 19.9 Å². The highest BCUT2D eigenvalue weighted by atomic mass is 16.5. The van der Waals surface area contributed by atoms with Crippen molar-refractivity contribution in [2.75, 3.05) is 18.5 Å². The number of aryl methyl sites for hydroxylation is 3. The molecule has 12 nitrogen and oxygen atoms in total. The Morgan fingerprint density at radius 3 is 2.71 bits per heavy atom. The minimum atomic E-state index is -0.308. The number of nitrogens with zero attached hydrogens (tertiary/aromatic N) is 3. The number of urea groups is 1. The van der Waals surface area contributed by atoms with E-state index in [1.54, 1.807) is 41.1 Å². The summed E-state index contributed by atoms with van der Waals surface area (Å²) in [4.78, 5) is 24.8. The molecule has 1 aromatic carbocycles. The molecule has 1 aromatic heterocycles. The molecule has 0 unspecified atom stereocenters. The minimum Gasteiger partial charge on any atom is -0.440 e. The Kier molecular flexibility index (Phi) is 5.79. The third-order valence-electron chi connectivity index (χ3n) is 5.54. The topological polar surface area (TPSA) is 134 Å². The summed E-state index contributed by atoms with van der Waals surface area (Å²) in [5, 5.41) is 17.5. The Balaban J connectivity index is 1.21. The Hall–Kier alpha value is -4.45. The highest BCUT2D eigenvalue weighted by Gasteiger charge is 2.25. The summed E-state index contributed by atoms with van der Waals surface area (Å²) >= 11 is 0. The van der Waals surface area contributed by atoms with E-state index in [1.807, 2.05) is 32.1 Å². The number of aromatic nitrogens is 2. The number of nitrogens with one attached hydrogen (secondary N) is 5. The van der Waals surface area contributed by atoms with Crippen molar-refractivity contribution in [3.05, 3.63) is 77.1 Å². The molecule has 1 fully saturated rings. The number of carbonyl (C=O) groups excluding carboxylic acids is 2. The average molecular weight is 479 g/mol. The van der Waals surface area contributed by atoms with E-state index in [1.165, 1.54) is 0 Å². The van der Waals surface area contributed by atoms with Gasteiger partial charge in [0.25, 0.3) is 5.91 Å². The quantitative estimate of drug-likeness (QED) is 0.419. The normalized spacial score (nSPS) is 16.5. The van der Waals surface area contributed by atoms with Gasteiger partial charge < -0.3 is 25.4 Å². The number of hydrogen-bond donors (Lipinski definition) is 5. The number of allylic oxidation sites excluding steroid dienone is 2. The van der Waals surface area contributed by atoms with Crippen LogP contribution in [0.15, 0.2) is 60.1 Å². The Morgan fingerprint density at radius 2 is 2.00 bits per heavy atom. The highest BCUT2D eigenvalue weighted by molar-refractivity contribution is 6.03. The summed E-state index contributed by atoms with van der Waals surface area (Å²) in [5.41, 5.74) is 5.88. The van der Waals surface area contributed by atoms with Crippen LogP contribution in [0.5, 0.6) is 5.75 Å². The van der Waals surface area contributed by atoms with Gasteiger partial charge in [0.2, 0.25) is 5.88 Å². The zero-order valence-corrected chi connectivity index (χ0v) is 19.5. The Morgan fingerprint density at radius 1 is 1.17 bits per heavy atom. The van der Waals surface area contributed by atoms with Gasteiger partial charge in [0.1, 0.15) is 23.1 Å². The number of carbonyl (C=O) groups is 2. The maximum Gasteiger partial charge on any atom is 0.320 e. The van der Waals surface area contributed by atoms with Crippen LogP contribution in [-0.4, -0.2) is 46.0 Å². The van der Waals surface area contributed by atoms with Gasteiger partial charge in [-0.1, -0.05) is 6.07 Å². The first-order valence-corrected chi connectivity index (χ1v) is 11.1. The van der Waals surface area contributed by atoms with Gasteiger partial charge in [0.15, 0.2) is 0 Å². The monoisotopic (exact) mass is 478 g/mol. The molecule has 0 radical (unpaired) electrons. The van der Waals surface area contributed by atoms with Crippen LogP contribution in [0.4, 0.5) is 10.5 Å². The largest absolute Gasteiger partial charge is 0.440 e. The molecule has 1 saturated heterocycles. The first-order valence-electron chi connectivity index (χ1n) is 11.1. The predicted octanol–water partition coefficient (Wildman–Crippen LogP) is 1.27. The molecule has 2 aromatic rings. The molecule has 5 rings (SSSR count). The molecule has 4 heterocycles. The molecule has 3 aliphatic heterocycles. The first kappa shape index (κ1) is 22.3. The summed E-state index contributed by atoms with van der Waals surface area (Å²) in [7, 11) is 1.73. The molecule has 12 heteroatoms. The molecule has 5 N–H and O–H groups in total. The van der Waals surface area contributed by atoms with E-state index in [0.29, 0.717) is 42.0 Å². The molecule has 0 atom stereocenters. The van der Waals surface area contributed by atoms with Crippen LogP contribution in [0.2, 0.25) is 0 Å². The first-order chi connectivity index (χ1) is 16.8. The third-order valence-corrected chi connectivity index (χ3v) is 5.54. The lowest BCUT2D eigenvalue weighted by Gasteiger charge is -2.26. The van der Waals surface area contributed by atoms with Gasteiger partial charge in [-0.3, -0.25) is 20.2 Å². The van der Waals surface area contributed by atoms with Crippen LogP contribution in [-0.2, 0) is 11.8 Å². The standard InChI is InChI=1S/C23H26N8O4/c1-13-4-5-16(9-17(13)25-22(32)18-8-14(2)28-30(18)3)35-21-7-6-20-26-19(10-31(20)29-21)27-23(33)24-15-11-34-12-15/h4-10,15,26,29H,11-12H2,1-3H3,(H,25,32)(H2,24,27,33). The average Bonchev–Trinajstić information content (AvgIpc) is 3.34. The van der Waals surface area contributed by atoms with E-state index in [9.17, 15) is 9.59 Å². The molecule has 0 saturated carbocycles. The fourth-order valence-electron chi connectivity index (χ4n) is 3.67. The number of amides is 3. The smallest absolute Gasteiger partial charge is 0.320 e. The van der Waals surface area contributed by atoms with Crippen LogP contribution in [0.1, 0.15) is 21.7 Å². The van der Waals surface area contributed by atoms with Gasteiger partial charge in [-0.2, -0.15) is 5.10 Å². The van der Waals surface area contributed by atoms with Crippen molar-refractivity contribution in [3.63, 3.8) is 0 Å². The number of hydrogen-bond acceptors (Lipinski definition) is 8. The van der Waals surface area contributed by atoms with Crippen LogP contribution in [0.25, 0.3) is 0 Å². The fourth-order valence-corrected chi connectivity index (χ4v) is 3.67. The fraction of sp³-hybridized carbons (Fsp3) is 0.261. The van der Waals surface area contributed by atoms with E-state index < -0.39 is 0 Å². The zero-order chi connectivity index (χ0) is 24.5. The molecule has 0 bridgehead atoms. The van der Waals surface area contributed by atoms with Gasteiger partial charge >= 0.3 is 6.03 Å². The summed E-state index contributed by atoms with van der Waals surface area (Å²) in [6.07, 6.45) is 5.28. The third kappa shape index (κ3) is 4.92. The second-order valence-electron chi connectivity index (χ2n) is 8.39. The van der Waals surface area contributed by atoms with E-state index in [2.05, 4.69) is 31.8 Å². The van der Waals surface area contributed by atoms with Gasteiger partial charge in [-0.15, -0.1) is 0 Å². The minimum absolute atomic E-state index is 0.0380. The number of anilines is 1. The molecular formula is C23H26N8O4. The summed E-state index contributed by atoms with van der Waals surface area (Å²) < 4.78 is 12.6. The van der Waals surface area contributed by atoms with Crippen LogP contribution >= 0.6 is 0 Å². The summed E-state index contributed by atoms with van der Waals surface area (Å²) in [5.74, 6) is 2.00. The van der Waals surface area contributed by atoms with Crippen molar-refractivity contribution < 1.29 is 19.1 Å². The SMILES string of the molecule is Cc1cc(C(=O)Nc2cc(OC3=CC=C4NC(NC(=O)NC5COC5)=CN4N3)ccc2C)n(C)n1. The molecule has 0 aliphatic carbocycles. The van der Waals surface area contributed by atoms with Crippen molar-refractivity contribution in [1.82, 2.24) is 36.2 Å². The molecular weight excluding hydrogens is 452 g/mol. The molecule has 35 heavy (non-hydrogen) atoms. The van der Waals surface area contributed by atoms with Crippen molar-refractivity contribution in [3.8, 4) is 5.75 Å². The number of ether oxygens (including phenoxy) is 2. The molecule has 3 amide bonds. The maximum absolute atomic E-state index is 12.7. The highest BCUT2D eigenvalue weighted by Crippen LogP contribution is 2.25. The van der Waals surface area contributed by atoms with Crippen molar-refractivity contribution in [1.29, 1.82) is 0 Å². The van der Waals surface area contributed by atoms with Crippen LogP contribution < -0.4 is 31.4 Å². The number of fused-ring (bicyclic) bond motifs is 1. The van der Waals surface area contributed by atoms with Crippen molar-refractivity contribution >= 4 is 17.6 Å². The van der Waals surface area contributed by atoms with E-state index >= 15 is 0 Å². The zero-order valence-electron chi connectivity index (χ0n) is 19.5. The lowest BCUT2D eigenvalue weighted by atomic mass is 10.2. The molecule has 0 spiro atoms. The summed E-state index contributed by atoms with van der Waals surface area (Å²) in [6, 6.07) is 6.92. The van der Waals surface area contributed by atoms with E-state index in [4.69, 9.17) is 9.47 Å². The van der Waals surface area contributed by atoms with Gasteiger partial charge in [-0.25, -0.2) is 9.80 Å². The van der Waals surface area contributed by atoms with Crippen molar-refractivity contribution in [2.24, 2.45) is 7.05 Å². The number of benzene rings is 1. The Labute approximate surface area is 201 Å². The summed E-state index contributed by atoms with van der Waals surface area (Å²) in [6.45, 7) is 4.79. The maximum atomic E-state index is 12.7. The van der Waals surface area contributed by atoms with E-state index in [0.717, 1.165) is 17.1 Å². The molecule has 3 aliphatic rings. The van der Waals surface area contributed by atoms with Crippen LogP contribution in [0.3, 0.4) is 0 Å². The van der Waals surface area contributed by atoms with E-state index in [-0.39, 0.29) is 18.0 Å². The predicted molar refractivity (Wildman–Crippen MR) is 126 cm³/mol. The Bertz CT molecular complexity index is 1270. The molecule has 182 valence electrons. The van der Waals surface area contributed by atoms with Gasteiger partial charge in [0, 0.05) is 24.9 Å².